The van der Waals surface area contributed by atoms with Gasteiger partial charge in [0, 0.05) is 19.5 Å². The van der Waals surface area contributed by atoms with Crippen LogP contribution in [0.1, 0.15) is 29.2 Å². The second-order valence-electron chi connectivity index (χ2n) is 8.22. The Morgan fingerprint density at radius 3 is 2.68 bits per heavy atom. The molecule has 0 saturated carbocycles. The maximum Gasteiger partial charge on any atom is 0.286 e. The predicted molar refractivity (Wildman–Crippen MR) is 133 cm³/mol. The average Bonchev–Trinajstić information content (AvgIpc) is 3.53. The summed E-state index contributed by atoms with van der Waals surface area (Å²) < 4.78 is 13.4. The van der Waals surface area contributed by atoms with Gasteiger partial charge in [0.05, 0.1) is 23.9 Å². The van der Waals surface area contributed by atoms with Crippen LogP contribution in [0.15, 0.2) is 89.5 Å². The van der Waals surface area contributed by atoms with Crippen molar-refractivity contribution in [3.63, 3.8) is 0 Å². The molecule has 2 heterocycles. The largest absolute Gasteiger partial charge is 0.494 e. The second-order valence-corrected chi connectivity index (χ2v) is 8.22. The molecule has 0 bridgehead atoms. The first-order valence-electron chi connectivity index (χ1n) is 11.7. The van der Waals surface area contributed by atoms with Crippen LogP contribution in [-0.4, -0.2) is 28.6 Å². The minimum absolute atomic E-state index is 0.190. The van der Waals surface area contributed by atoms with E-state index in [0.717, 1.165) is 48.4 Å². The van der Waals surface area contributed by atoms with Gasteiger partial charge in [0.1, 0.15) is 11.6 Å². The summed E-state index contributed by atoms with van der Waals surface area (Å²) in [6, 6.07) is 26.1. The molecule has 5 aromatic rings. The van der Waals surface area contributed by atoms with Crippen molar-refractivity contribution < 1.29 is 13.9 Å². The Morgan fingerprint density at radius 1 is 0.941 bits per heavy atom. The zero-order chi connectivity index (χ0) is 23.2. The zero-order valence-electron chi connectivity index (χ0n) is 18.9. The van der Waals surface area contributed by atoms with Crippen LogP contribution >= 0.6 is 0 Å². The van der Waals surface area contributed by atoms with E-state index in [0.29, 0.717) is 18.9 Å². The van der Waals surface area contributed by atoms with Gasteiger partial charge in [-0.15, -0.1) is 0 Å². The van der Waals surface area contributed by atoms with Crippen molar-refractivity contribution in [2.24, 2.45) is 0 Å². The highest BCUT2D eigenvalue weighted by Gasteiger charge is 2.11. The third-order valence-corrected chi connectivity index (χ3v) is 5.86. The molecule has 0 aliphatic heterocycles. The number of carbonyl (C=O) groups excluding carboxylic acids is 1. The van der Waals surface area contributed by atoms with Crippen molar-refractivity contribution in [2.45, 2.75) is 25.8 Å². The van der Waals surface area contributed by atoms with Crippen LogP contribution < -0.4 is 10.1 Å². The molecule has 0 fully saturated rings. The van der Waals surface area contributed by atoms with Crippen molar-refractivity contribution in [3.8, 4) is 5.75 Å². The molecule has 0 radical (unpaired) electrons. The molecule has 0 spiro atoms. The lowest BCUT2D eigenvalue weighted by molar-refractivity contribution is 0.0925. The van der Waals surface area contributed by atoms with E-state index in [1.807, 2.05) is 36.4 Å². The fourth-order valence-corrected chi connectivity index (χ4v) is 4.18. The van der Waals surface area contributed by atoms with Crippen LogP contribution in [0.25, 0.3) is 21.8 Å². The molecule has 34 heavy (non-hydrogen) atoms. The highest BCUT2D eigenvalue weighted by atomic mass is 16.5. The number of para-hydroxylation sites is 2. The number of rotatable bonds is 10. The molecule has 1 N–H and O–H groups in total. The van der Waals surface area contributed by atoms with E-state index in [4.69, 9.17) is 14.1 Å². The first-order valence-corrected chi connectivity index (χ1v) is 11.7. The van der Waals surface area contributed by atoms with Gasteiger partial charge in [-0.05, 0) is 60.0 Å². The molecule has 0 atom stereocenters. The van der Waals surface area contributed by atoms with Gasteiger partial charge in [0.15, 0.2) is 5.76 Å². The second kappa shape index (κ2) is 10.3. The smallest absolute Gasteiger partial charge is 0.286 e. The molecule has 6 heteroatoms. The van der Waals surface area contributed by atoms with Crippen LogP contribution in [-0.2, 0) is 13.0 Å². The van der Waals surface area contributed by atoms with Crippen LogP contribution in [0.4, 0.5) is 0 Å². The van der Waals surface area contributed by atoms with Gasteiger partial charge >= 0.3 is 0 Å². The number of nitrogens with zero attached hydrogens (tertiary/aromatic N) is 2. The SMILES string of the molecule is O=C(NCCCc1nc2ccccc2n1CCCOc1ccc2ccccc2c1)c1ccco1. The lowest BCUT2D eigenvalue weighted by atomic mass is 10.1. The fraction of sp³-hybridized carbons (Fsp3) is 0.214. The summed E-state index contributed by atoms with van der Waals surface area (Å²) in [7, 11) is 0. The molecule has 0 unspecified atom stereocenters. The monoisotopic (exact) mass is 453 g/mol. The number of fused-ring (bicyclic) bond motifs is 2. The molecule has 0 aliphatic carbocycles. The number of aromatic nitrogens is 2. The van der Waals surface area contributed by atoms with Gasteiger partial charge in [0.25, 0.3) is 5.91 Å². The van der Waals surface area contributed by atoms with Gasteiger partial charge < -0.3 is 19.0 Å². The van der Waals surface area contributed by atoms with Crippen LogP contribution in [0.3, 0.4) is 0 Å². The van der Waals surface area contributed by atoms with E-state index in [2.05, 4.69) is 40.2 Å². The summed E-state index contributed by atoms with van der Waals surface area (Å²) >= 11 is 0. The molecule has 2 aromatic heterocycles. The van der Waals surface area contributed by atoms with E-state index in [1.165, 1.54) is 17.0 Å². The molecule has 3 aromatic carbocycles. The molecular weight excluding hydrogens is 426 g/mol. The fourth-order valence-electron chi connectivity index (χ4n) is 4.18. The van der Waals surface area contributed by atoms with Crippen LogP contribution in [0.5, 0.6) is 5.75 Å². The lowest BCUT2D eigenvalue weighted by Gasteiger charge is -2.11. The first kappa shape index (κ1) is 21.8. The molecule has 172 valence electrons. The Bertz CT molecular complexity index is 1390. The van der Waals surface area contributed by atoms with Crippen molar-refractivity contribution in [1.82, 2.24) is 14.9 Å². The Labute approximate surface area is 198 Å². The molecule has 0 aliphatic rings. The van der Waals surface area contributed by atoms with Gasteiger partial charge in [-0.2, -0.15) is 0 Å². The number of furan rings is 1. The summed E-state index contributed by atoms with van der Waals surface area (Å²) in [5.74, 6) is 2.06. The summed E-state index contributed by atoms with van der Waals surface area (Å²) in [6.07, 6.45) is 3.94. The van der Waals surface area contributed by atoms with Crippen molar-refractivity contribution in [1.29, 1.82) is 0 Å². The van der Waals surface area contributed by atoms with Gasteiger partial charge in [-0.1, -0.05) is 42.5 Å². The normalized spacial score (nSPS) is 11.2. The van der Waals surface area contributed by atoms with Gasteiger partial charge in [-0.3, -0.25) is 4.79 Å². The molecular formula is C28H27N3O3. The van der Waals surface area contributed by atoms with Crippen molar-refractivity contribution >= 4 is 27.7 Å². The third-order valence-electron chi connectivity index (χ3n) is 5.86. The topological polar surface area (TPSA) is 69.3 Å². The number of carbonyl (C=O) groups is 1. The van der Waals surface area contributed by atoms with E-state index in [1.54, 1.807) is 12.1 Å². The van der Waals surface area contributed by atoms with Crippen LogP contribution in [0.2, 0.25) is 0 Å². The molecule has 0 saturated heterocycles. The first-order chi connectivity index (χ1) is 16.8. The number of hydrogen-bond acceptors (Lipinski definition) is 4. The number of aryl methyl sites for hydroxylation is 2. The maximum atomic E-state index is 12.0. The Hall–Kier alpha value is -4.06. The van der Waals surface area contributed by atoms with Crippen molar-refractivity contribution in [2.75, 3.05) is 13.2 Å². The molecule has 1 amide bonds. The molecule has 6 nitrogen and oxygen atoms in total. The standard InChI is InChI=1S/C28H27N3O3/c32-28(26-12-6-18-34-26)29-16-5-13-27-30-24-10-3-4-11-25(24)31(27)17-7-19-33-23-15-14-21-8-1-2-9-22(21)20-23/h1-4,6,8-12,14-15,18,20H,5,7,13,16-17,19H2,(H,29,32). The summed E-state index contributed by atoms with van der Waals surface area (Å²) in [4.78, 5) is 16.9. The highest BCUT2D eigenvalue weighted by Crippen LogP contribution is 2.21. The number of hydrogen-bond donors (Lipinski definition) is 1. The number of benzene rings is 3. The minimum atomic E-state index is -0.190. The molecule has 5 rings (SSSR count). The zero-order valence-corrected chi connectivity index (χ0v) is 18.9. The van der Waals surface area contributed by atoms with Gasteiger partial charge in [0.2, 0.25) is 0 Å². The van der Waals surface area contributed by atoms with E-state index in [9.17, 15) is 4.79 Å². The van der Waals surface area contributed by atoms with Crippen molar-refractivity contribution in [3.05, 3.63) is 96.7 Å². The predicted octanol–water partition coefficient (Wildman–Crippen LogP) is 5.61. The quantitative estimate of drug-likeness (QED) is 0.279. The highest BCUT2D eigenvalue weighted by molar-refractivity contribution is 5.91. The summed E-state index contributed by atoms with van der Waals surface area (Å²) in [5.41, 5.74) is 2.12. The maximum absolute atomic E-state index is 12.0. The Kier molecular flexibility index (Phi) is 6.56. The average molecular weight is 454 g/mol. The Morgan fingerprint density at radius 2 is 1.79 bits per heavy atom. The van der Waals surface area contributed by atoms with E-state index >= 15 is 0 Å². The van der Waals surface area contributed by atoms with E-state index in [-0.39, 0.29) is 5.91 Å². The number of ether oxygens (including phenoxy) is 1. The Balaban J connectivity index is 1.18. The van der Waals surface area contributed by atoms with Gasteiger partial charge in [-0.25, -0.2) is 4.98 Å². The number of amides is 1. The summed E-state index contributed by atoms with van der Waals surface area (Å²) in [6.45, 7) is 2.01. The third kappa shape index (κ3) is 4.96. The van der Waals surface area contributed by atoms with Crippen LogP contribution in [0, 0.1) is 0 Å². The summed E-state index contributed by atoms with van der Waals surface area (Å²) in [5, 5.41) is 5.30. The minimum Gasteiger partial charge on any atom is -0.494 e. The lowest BCUT2D eigenvalue weighted by Crippen LogP contribution is -2.24. The number of imidazole rings is 1. The van der Waals surface area contributed by atoms with E-state index < -0.39 is 0 Å². The number of nitrogens with one attached hydrogen (secondary N) is 1.